The number of aromatic nitrogens is 5. The van der Waals surface area contributed by atoms with Crippen molar-refractivity contribution >= 4 is 11.6 Å². The molecule has 1 aromatic carbocycles. The number of rotatable bonds is 5. The lowest BCUT2D eigenvalue weighted by Crippen LogP contribution is -2.15. The Morgan fingerprint density at radius 3 is 3.04 bits per heavy atom. The summed E-state index contributed by atoms with van der Waals surface area (Å²) in [6.45, 7) is 1.84. The summed E-state index contributed by atoms with van der Waals surface area (Å²) in [6.07, 6.45) is 3.79. The molecule has 0 bridgehead atoms. The SMILES string of the molecule is CCc1ocnc1C(=O)Nc1cc(-n2nnnc2C2CC2)ccc1F. The maximum absolute atomic E-state index is 14.1. The average molecular weight is 342 g/mol. The van der Waals surface area contributed by atoms with E-state index in [-0.39, 0.29) is 11.4 Å². The highest BCUT2D eigenvalue weighted by atomic mass is 19.1. The van der Waals surface area contributed by atoms with Crippen LogP contribution in [0.15, 0.2) is 29.0 Å². The van der Waals surface area contributed by atoms with Gasteiger partial charge in [0.15, 0.2) is 17.9 Å². The molecule has 1 N–H and O–H groups in total. The van der Waals surface area contributed by atoms with Gasteiger partial charge >= 0.3 is 0 Å². The van der Waals surface area contributed by atoms with E-state index in [9.17, 15) is 9.18 Å². The normalized spacial score (nSPS) is 13.8. The van der Waals surface area contributed by atoms with Crippen LogP contribution in [0.3, 0.4) is 0 Å². The summed E-state index contributed by atoms with van der Waals surface area (Å²) in [5, 5.41) is 14.2. The van der Waals surface area contributed by atoms with Gasteiger partial charge in [-0.15, -0.1) is 5.10 Å². The van der Waals surface area contributed by atoms with E-state index in [2.05, 4.69) is 25.8 Å². The number of hydrogen-bond donors (Lipinski definition) is 1. The number of nitrogens with zero attached hydrogens (tertiary/aromatic N) is 5. The van der Waals surface area contributed by atoms with E-state index in [0.717, 1.165) is 18.7 Å². The number of anilines is 1. The first-order valence-electron chi connectivity index (χ1n) is 7.99. The summed E-state index contributed by atoms with van der Waals surface area (Å²) in [5.74, 6) is 0.444. The summed E-state index contributed by atoms with van der Waals surface area (Å²) >= 11 is 0. The monoisotopic (exact) mass is 342 g/mol. The number of oxazole rings is 1. The van der Waals surface area contributed by atoms with Gasteiger partial charge in [-0.1, -0.05) is 6.92 Å². The molecule has 1 amide bonds. The van der Waals surface area contributed by atoms with Gasteiger partial charge in [0.1, 0.15) is 11.6 Å². The number of halogens is 1. The van der Waals surface area contributed by atoms with Crippen molar-refractivity contribution in [2.75, 3.05) is 5.32 Å². The Bertz CT molecular complexity index is 930. The fraction of sp³-hybridized carbons (Fsp3) is 0.312. The summed E-state index contributed by atoms with van der Waals surface area (Å²) in [4.78, 5) is 16.2. The molecule has 2 heterocycles. The predicted molar refractivity (Wildman–Crippen MR) is 84.9 cm³/mol. The molecule has 0 radical (unpaired) electrons. The average Bonchev–Trinajstić information content (AvgIpc) is 3.15. The number of aryl methyl sites for hydroxylation is 1. The highest BCUT2D eigenvalue weighted by Crippen LogP contribution is 2.39. The van der Waals surface area contributed by atoms with Crippen LogP contribution in [0.5, 0.6) is 0 Å². The third kappa shape index (κ3) is 2.88. The van der Waals surface area contributed by atoms with Gasteiger partial charge < -0.3 is 9.73 Å². The van der Waals surface area contributed by atoms with Gasteiger partial charge in [0.25, 0.3) is 5.91 Å². The molecular formula is C16H15FN6O2. The first kappa shape index (κ1) is 15.4. The standard InChI is InChI=1S/C16H15FN6O2/c1-2-13-14(18-8-25-13)16(24)19-12-7-10(5-6-11(12)17)23-15(9-3-4-9)20-21-22-23/h5-9H,2-4H2,1H3,(H,19,24). The minimum atomic E-state index is -0.556. The molecule has 0 aliphatic heterocycles. The highest BCUT2D eigenvalue weighted by Gasteiger charge is 2.30. The zero-order chi connectivity index (χ0) is 17.4. The lowest BCUT2D eigenvalue weighted by Gasteiger charge is -2.09. The minimum absolute atomic E-state index is 0.0322. The third-order valence-corrected chi connectivity index (χ3v) is 4.06. The summed E-state index contributed by atoms with van der Waals surface area (Å²) in [7, 11) is 0. The van der Waals surface area contributed by atoms with Crippen molar-refractivity contribution < 1.29 is 13.6 Å². The third-order valence-electron chi connectivity index (χ3n) is 4.06. The van der Waals surface area contributed by atoms with Crippen LogP contribution in [0.2, 0.25) is 0 Å². The number of hydrogen-bond acceptors (Lipinski definition) is 6. The Hall–Kier alpha value is -3.10. The molecule has 1 aliphatic carbocycles. The largest absolute Gasteiger partial charge is 0.448 e. The van der Waals surface area contributed by atoms with Gasteiger partial charge in [-0.05, 0) is 41.5 Å². The van der Waals surface area contributed by atoms with Crippen molar-refractivity contribution in [1.82, 2.24) is 25.2 Å². The lowest BCUT2D eigenvalue weighted by atomic mass is 10.2. The Kier molecular flexibility index (Phi) is 3.75. The number of amides is 1. The molecule has 0 atom stereocenters. The molecule has 0 saturated heterocycles. The second-order valence-corrected chi connectivity index (χ2v) is 5.82. The number of tetrazole rings is 1. The minimum Gasteiger partial charge on any atom is -0.448 e. The van der Waals surface area contributed by atoms with Gasteiger partial charge in [-0.3, -0.25) is 4.79 Å². The molecule has 9 heteroatoms. The molecule has 2 aromatic heterocycles. The zero-order valence-electron chi connectivity index (χ0n) is 13.4. The molecule has 3 aromatic rings. The van der Waals surface area contributed by atoms with Gasteiger partial charge in [-0.2, -0.15) is 4.68 Å². The maximum Gasteiger partial charge on any atom is 0.277 e. The van der Waals surface area contributed by atoms with Gasteiger partial charge in [0.05, 0.1) is 11.4 Å². The van der Waals surface area contributed by atoms with Gasteiger partial charge in [0, 0.05) is 12.3 Å². The van der Waals surface area contributed by atoms with Crippen LogP contribution in [0.1, 0.15) is 47.8 Å². The molecule has 1 aliphatic rings. The van der Waals surface area contributed by atoms with E-state index in [1.807, 2.05) is 6.92 Å². The molecule has 0 spiro atoms. The van der Waals surface area contributed by atoms with Crippen LogP contribution >= 0.6 is 0 Å². The first-order chi connectivity index (χ1) is 12.2. The van der Waals surface area contributed by atoms with E-state index in [0.29, 0.717) is 23.8 Å². The second-order valence-electron chi connectivity index (χ2n) is 5.82. The maximum atomic E-state index is 14.1. The molecule has 1 saturated carbocycles. The van der Waals surface area contributed by atoms with Crippen molar-refractivity contribution in [3.05, 3.63) is 47.7 Å². The quantitative estimate of drug-likeness (QED) is 0.765. The number of carbonyl (C=O) groups excluding carboxylic acids is 1. The van der Waals surface area contributed by atoms with Crippen molar-refractivity contribution in [2.24, 2.45) is 0 Å². The summed E-state index contributed by atoms with van der Waals surface area (Å²) in [5.41, 5.74) is 0.762. The number of carbonyl (C=O) groups is 1. The second kappa shape index (κ2) is 6.08. The van der Waals surface area contributed by atoms with E-state index in [4.69, 9.17) is 4.42 Å². The number of nitrogens with one attached hydrogen (secondary N) is 1. The number of benzene rings is 1. The van der Waals surface area contributed by atoms with Crippen molar-refractivity contribution in [3.63, 3.8) is 0 Å². The molecule has 25 heavy (non-hydrogen) atoms. The Morgan fingerprint density at radius 2 is 2.28 bits per heavy atom. The highest BCUT2D eigenvalue weighted by molar-refractivity contribution is 6.03. The smallest absolute Gasteiger partial charge is 0.277 e. The van der Waals surface area contributed by atoms with Crippen LogP contribution < -0.4 is 5.32 Å². The molecular weight excluding hydrogens is 327 g/mol. The summed E-state index contributed by atoms with van der Waals surface area (Å²) in [6, 6.07) is 4.34. The van der Waals surface area contributed by atoms with Crippen LogP contribution in [0.25, 0.3) is 5.69 Å². The topological polar surface area (TPSA) is 98.7 Å². The van der Waals surface area contributed by atoms with Crippen LogP contribution in [0, 0.1) is 5.82 Å². The fourth-order valence-electron chi connectivity index (χ4n) is 2.60. The first-order valence-corrected chi connectivity index (χ1v) is 7.99. The molecule has 1 fully saturated rings. The Morgan fingerprint density at radius 1 is 1.44 bits per heavy atom. The Labute approximate surface area is 142 Å². The van der Waals surface area contributed by atoms with E-state index >= 15 is 0 Å². The van der Waals surface area contributed by atoms with Crippen molar-refractivity contribution in [3.8, 4) is 5.69 Å². The molecule has 8 nitrogen and oxygen atoms in total. The molecule has 128 valence electrons. The fourth-order valence-corrected chi connectivity index (χ4v) is 2.60. The van der Waals surface area contributed by atoms with E-state index in [1.165, 1.54) is 18.5 Å². The van der Waals surface area contributed by atoms with Crippen LogP contribution in [-0.2, 0) is 6.42 Å². The van der Waals surface area contributed by atoms with Crippen molar-refractivity contribution in [2.45, 2.75) is 32.1 Å². The molecule has 4 rings (SSSR count). The van der Waals surface area contributed by atoms with Gasteiger partial charge in [-0.25, -0.2) is 9.37 Å². The lowest BCUT2D eigenvalue weighted by molar-refractivity contribution is 0.102. The van der Waals surface area contributed by atoms with Crippen LogP contribution in [0.4, 0.5) is 10.1 Å². The zero-order valence-corrected chi connectivity index (χ0v) is 13.4. The predicted octanol–water partition coefficient (Wildman–Crippen LogP) is 2.48. The summed E-state index contributed by atoms with van der Waals surface area (Å²) < 4.78 is 20.9. The van der Waals surface area contributed by atoms with E-state index < -0.39 is 11.7 Å². The van der Waals surface area contributed by atoms with Crippen LogP contribution in [-0.4, -0.2) is 31.1 Å². The van der Waals surface area contributed by atoms with E-state index in [1.54, 1.807) is 10.7 Å². The Balaban J connectivity index is 1.64. The van der Waals surface area contributed by atoms with Crippen molar-refractivity contribution in [1.29, 1.82) is 0 Å². The van der Waals surface area contributed by atoms with Gasteiger partial charge in [0.2, 0.25) is 0 Å². The molecule has 0 unspecified atom stereocenters.